The van der Waals surface area contributed by atoms with Crippen molar-refractivity contribution in [2.75, 3.05) is 5.94 Å². The molecular weight excluding hydrogens is 270 g/mol. The van der Waals surface area contributed by atoms with Crippen LogP contribution in [0.2, 0.25) is 0 Å². The Kier molecular flexibility index (Phi) is 3.19. The third kappa shape index (κ3) is 2.39. The van der Waals surface area contributed by atoms with Gasteiger partial charge in [0, 0.05) is 5.56 Å². The smallest absolute Gasteiger partial charge is 0.280 e. The fourth-order valence-corrected chi connectivity index (χ4v) is 2.96. The van der Waals surface area contributed by atoms with Gasteiger partial charge in [-0.15, -0.1) is 0 Å². The molecule has 0 atom stereocenters. The topological polar surface area (TPSA) is 125 Å². The number of aryl methyl sites for hydroxylation is 1. The van der Waals surface area contributed by atoms with E-state index in [2.05, 4.69) is 4.99 Å². The number of nitrogens with two attached hydrogens (primary N) is 2. The number of aliphatic imine (C=N–C) groups is 1. The molecule has 0 bridgehead atoms. The molecule has 1 aliphatic heterocycles. The maximum absolute atomic E-state index is 11.9. The number of amides is 1. The van der Waals surface area contributed by atoms with Crippen LogP contribution in [0.25, 0.3) is 0 Å². The molecule has 0 unspecified atom stereocenters. The molecule has 1 amide bonds. The lowest BCUT2D eigenvalue weighted by molar-refractivity contribution is 0.100. The predicted molar refractivity (Wildman–Crippen MR) is 68.6 cm³/mol. The summed E-state index contributed by atoms with van der Waals surface area (Å²) in [4.78, 5) is 15.3. The van der Waals surface area contributed by atoms with Crippen LogP contribution in [0.3, 0.4) is 0 Å². The van der Waals surface area contributed by atoms with Gasteiger partial charge in [-0.2, -0.15) is 4.99 Å². The van der Waals surface area contributed by atoms with Crippen LogP contribution in [0.1, 0.15) is 22.8 Å². The van der Waals surface area contributed by atoms with Crippen molar-refractivity contribution in [3.8, 4) is 5.75 Å². The third-order valence-electron chi connectivity index (χ3n) is 2.72. The van der Waals surface area contributed by atoms with Gasteiger partial charge >= 0.3 is 0 Å². The highest BCUT2D eigenvalue weighted by Crippen LogP contribution is 2.34. The van der Waals surface area contributed by atoms with E-state index in [-0.39, 0.29) is 22.2 Å². The molecule has 1 aromatic rings. The Morgan fingerprint density at radius 3 is 2.68 bits per heavy atom. The molecule has 0 radical (unpaired) electrons. The van der Waals surface area contributed by atoms with Crippen LogP contribution in [0.15, 0.2) is 22.0 Å². The second-order valence-corrected chi connectivity index (χ2v) is 5.93. The lowest BCUT2D eigenvalue weighted by Crippen LogP contribution is -2.24. The van der Waals surface area contributed by atoms with Crippen molar-refractivity contribution in [3.05, 3.63) is 23.3 Å². The molecular formula is C11H13N3O4S. The average Bonchev–Trinajstić information content (AvgIpc) is 2.62. The number of carbonyl (C=O) groups excluding carboxylic acids is 1. The van der Waals surface area contributed by atoms with Gasteiger partial charge in [0.25, 0.3) is 5.91 Å². The van der Waals surface area contributed by atoms with E-state index in [9.17, 15) is 13.2 Å². The Bertz CT molecular complexity index is 675. The van der Waals surface area contributed by atoms with Gasteiger partial charge in [0.05, 0.1) is 0 Å². The van der Waals surface area contributed by atoms with Gasteiger partial charge in [0.15, 0.2) is 11.9 Å². The van der Waals surface area contributed by atoms with Gasteiger partial charge in [0.1, 0.15) is 10.6 Å². The number of ether oxygens (including phenoxy) is 1. The van der Waals surface area contributed by atoms with E-state index in [4.69, 9.17) is 16.2 Å². The van der Waals surface area contributed by atoms with E-state index in [1.807, 2.05) is 6.92 Å². The zero-order valence-corrected chi connectivity index (χ0v) is 11.0. The van der Waals surface area contributed by atoms with Gasteiger partial charge in [-0.1, -0.05) is 6.92 Å². The van der Waals surface area contributed by atoms with Crippen molar-refractivity contribution >= 4 is 21.7 Å². The first-order chi connectivity index (χ1) is 8.85. The molecule has 19 heavy (non-hydrogen) atoms. The van der Waals surface area contributed by atoms with Gasteiger partial charge in [-0.05, 0) is 24.1 Å². The summed E-state index contributed by atoms with van der Waals surface area (Å²) in [5, 5.41) is 0. The van der Waals surface area contributed by atoms with Crippen LogP contribution in [0.4, 0.5) is 0 Å². The first-order valence-electron chi connectivity index (χ1n) is 5.51. The van der Waals surface area contributed by atoms with Crippen molar-refractivity contribution in [1.82, 2.24) is 0 Å². The summed E-state index contributed by atoms with van der Waals surface area (Å²) in [6.45, 7) is 1.83. The molecule has 0 saturated carbocycles. The SMILES string of the molecule is CCc1cc2c(cc1C(=O)N=C(N)N)S(=O)(=O)CO2. The van der Waals surface area contributed by atoms with E-state index in [0.29, 0.717) is 12.0 Å². The average molecular weight is 283 g/mol. The van der Waals surface area contributed by atoms with E-state index < -0.39 is 21.7 Å². The lowest BCUT2D eigenvalue weighted by atomic mass is 10.0. The molecule has 0 spiro atoms. The zero-order valence-electron chi connectivity index (χ0n) is 10.2. The molecule has 0 aliphatic carbocycles. The first kappa shape index (κ1) is 13.3. The highest BCUT2D eigenvalue weighted by atomic mass is 32.2. The summed E-state index contributed by atoms with van der Waals surface area (Å²) in [5.74, 6) is -1.18. The molecule has 102 valence electrons. The summed E-state index contributed by atoms with van der Waals surface area (Å²) < 4.78 is 28.5. The number of carbonyl (C=O) groups is 1. The monoisotopic (exact) mass is 283 g/mol. The number of fused-ring (bicyclic) bond motifs is 1. The molecule has 1 aromatic carbocycles. The van der Waals surface area contributed by atoms with E-state index in [1.54, 1.807) is 0 Å². The number of benzene rings is 1. The summed E-state index contributed by atoms with van der Waals surface area (Å²) in [6.07, 6.45) is 0.526. The third-order valence-corrected chi connectivity index (χ3v) is 4.13. The highest BCUT2D eigenvalue weighted by molar-refractivity contribution is 7.91. The summed E-state index contributed by atoms with van der Waals surface area (Å²) in [7, 11) is -3.50. The Morgan fingerprint density at radius 2 is 2.11 bits per heavy atom. The van der Waals surface area contributed by atoms with Crippen molar-refractivity contribution in [2.24, 2.45) is 16.5 Å². The second-order valence-electron chi connectivity index (χ2n) is 4.03. The summed E-state index contributed by atoms with van der Waals surface area (Å²) in [6, 6.07) is 2.81. The van der Waals surface area contributed by atoms with Crippen molar-refractivity contribution < 1.29 is 17.9 Å². The number of nitrogens with zero attached hydrogens (tertiary/aromatic N) is 1. The molecule has 8 heteroatoms. The maximum Gasteiger partial charge on any atom is 0.280 e. The molecule has 0 aromatic heterocycles. The fraction of sp³-hybridized carbons (Fsp3) is 0.273. The van der Waals surface area contributed by atoms with Crippen molar-refractivity contribution in [2.45, 2.75) is 18.2 Å². The van der Waals surface area contributed by atoms with E-state index in [1.165, 1.54) is 12.1 Å². The Labute approximate surface area is 110 Å². The molecule has 2 rings (SSSR count). The van der Waals surface area contributed by atoms with E-state index in [0.717, 1.165) is 0 Å². The van der Waals surface area contributed by atoms with Crippen LogP contribution in [0, 0.1) is 0 Å². The van der Waals surface area contributed by atoms with Crippen LogP contribution < -0.4 is 16.2 Å². The maximum atomic E-state index is 11.9. The zero-order chi connectivity index (χ0) is 14.2. The quantitative estimate of drug-likeness (QED) is 0.571. The minimum atomic E-state index is -3.50. The Hall–Kier alpha value is -2.09. The van der Waals surface area contributed by atoms with Gasteiger partial charge in [0.2, 0.25) is 9.84 Å². The summed E-state index contributed by atoms with van der Waals surface area (Å²) >= 11 is 0. The van der Waals surface area contributed by atoms with Crippen LogP contribution in [-0.4, -0.2) is 26.2 Å². The molecule has 1 heterocycles. The minimum Gasteiger partial charge on any atom is -0.476 e. The van der Waals surface area contributed by atoms with Gasteiger partial charge in [-0.25, -0.2) is 8.42 Å². The van der Waals surface area contributed by atoms with Crippen molar-refractivity contribution in [3.63, 3.8) is 0 Å². The fourth-order valence-electron chi connectivity index (χ4n) is 1.83. The minimum absolute atomic E-state index is 0.00107. The number of rotatable bonds is 2. The number of hydrogen-bond acceptors (Lipinski definition) is 4. The molecule has 0 saturated heterocycles. The van der Waals surface area contributed by atoms with Crippen LogP contribution in [-0.2, 0) is 16.3 Å². The number of guanidine groups is 1. The molecule has 1 aliphatic rings. The highest BCUT2D eigenvalue weighted by Gasteiger charge is 2.30. The van der Waals surface area contributed by atoms with E-state index >= 15 is 0 Å². The predicted octanol–water partition coefficient (Wildman–Crippen LogP) is -0.214. The second kappa shape index (κ2) is 4.54. The number of hydrogen-bond donors (Lipinski definition) is 2. The standard InChI is InChI=1S/C11H13N3O4S/c1-2-6-3-8-9(19(16,17)5-18-8)4-7(6)10(15)14-11(12)13/h3-4H,2,5H2,1H3,(H4,12,13,14,15). The first-order valence-corrected chi connectivity index (χ1v) is 7.17. The van der Waals surface area contributed by atoms with Crippen molar-refractivity contribution in [1.29, 1.82) is 0 Å². The molecule has 7 nitrogen and oxygen atoms in total. The largest absolute Gasteiger partial charge is 0.476 e. The van der Waals surface area contributed by atoms with Crippen LogP contribution >= 0.6 is 0 Å². The summed E-state index contributed by atoms with van der Waals surface area (Å²) in [5.41, 5.74) is 11.1. The van der Waals surface area contributed by atoms with Gasteiger partial charge < -0.3 is 16.2 Å². The molecule has 0 fully saturated rings. The number of sulfone groups is 1. The molecule has 4 N–H and O–H groups in total. The Balaban J connectivity index is 2.62. The van der Waals surface area contributed by atoms with Crippen LogP contribution in [0.5, 0.6) is 5.75 Å². The Morgan fingerprint density at radius 1 is 1.42 bits per heavy atom. The van der Waals surface area contributed by atoms with Gasteiger partial charge in [-0.3, -0.25) is 4.79 Å². The lowest BCUT2D eigenvalue weighted by Gasteiger charge is -2.06. The normalized spacial score (nSPS) is 15.4.